The number of hydrogen-bond acceptors (Lipinski definition) is 2. The summed E-state index contributed by atoms with van der Waals surface area (Å²) < 4.78 is 5.86. The number of aliphatic carboxylic acids is 1. The molecule has 19 heavy (non-hydrogen) atoms. The summed E-state index contributed by atoms with van der Waals surface area (Å²) in [6.45, 7) is 10.3. The van der Waals surface area contributed by atoms with Gasteiger partial charge in [-0.05, 0) is 43.4 Å². The smallest absolute Gasteiger partial charge is 0.303 e. The lowest BCUT2D eigenvalue weighted by Gasteiger charge is -2.26. The van der Waals surface area contributed by atoms with Gasteiger partial charge in [0.05, 0.1) is 0 Å². The van der Waals surface area contributed by atoms with Crippen molar-refractivity contribution in [3.05, 3.63) is 29.8 Å². The molecule has 1 aromatic rings. The molecule has 1 aromatic carbocycles. The maximum atomic E-state index is 10.6. The van der Waals surface area contributed by atoms with E-state index in [0.717, 1.165) is 5.75 Å². The molecule has 0 unspecified atom stereocenters. The summed E-state index contributed by atoms with van der Waals surface area (Å²) in [6, 6.07) is 8.01. The number of ether oxygens (including phenoxy) is 1. The van der Waals surface area contributed by atoms with E-state index in [2.05, 4.69) is 32.9 Å². The molecular formula is C16H24O3. The van der Waals surface area contributed by atoms with Crippen LogP contribution in [0.1, 0.15) is 53.0 Å². The zero-order chi connectivity index (χ0) is 14.7. The average molecular weight is 264 g/mol. The van der Waals surface area contributed by atoms with Crippen molar-refractivity contribution in [3.8, 4) is 5.75 Å². The van der Waals surface area contributed by atoms with Gasteiger partial charge in [0, 0.05) is 6.42 Å². The van der Waals surface area contributed by atoms with E-state index in [9.17, 15) is 4.79 Å². The topological polar surface area (TPSA) is 46.5 Å². The Morgan fingerprint density at radius 1 is 1.11 bits per heavy atom. The molecule has 3 heteroatoms. The van der Waals surface area contributed by atoms with Crippen LogP contribution in [0.15, 0.2) is 24.3 Å². The summed E-state index contributed by atoms with van der Waals surface area (Å²) in [5.74, 6) is -0.0110. The van der Waals surface area contributed by atoms with Gasteiger partial charge in [-0.1, -0.05) is 32.9 Å². The molecule has 0 amide bonds. The molecule has 0 heterocycles. The average Bonchev–Trinajstić information content (AvgIpc) is 2.25. The monoisotopic (exact) mass is 264 g/mol. The normalized spacial score (nSPS) is 12.3. The van der Waals surface area contributed by atoms with Crippen molar-refractivity contribution >= 4 is 5.97 Å². The molecule has 0 fully saturated rings. The second-order valence-electron chi connectivity index (χ2n) is 6.53. The van der Waals surface area contributed by atoms with Crippen LogP contribution in [0.4, 0.5) is 0 Å². The fraction of sp³-hybridized carbons (Fsp3) is 0.562. The number of hydrogen-bond donors (Lipinski definition) is 1. The largest absolute Gasteiger partial charge is 0.488 e. The zero-order valence-electron chi connectivity index (χ0n) is 12.5. The van der Waals surface area contributed by atoms with Crippen LogP contribution in [-0.2, 0) is 10.2 Å². The Balaban J connectivity index is 2.69. The highest BCUT2D eigenvalue weighted by atomic mass is 16.5. The van der Waals surface area contributed by atoms with Crippen molar-refractivity contribution in [1.82, 2.24) is 0 Å². The molecule has 0 saturated heterocycles. The predicted molar refractivity (Wildman–Crippen MR) is 76.7 cm³/mol. The zero-order valence-corrected chi connectivity index (χ0v) is 12.5. The van der Waals surface area contributed by atoms with Crippen molar-refractivity contribution in [1.29, 1.82) is 0 Å². The molecule has 3 nitrogen and oxygen atoms in total. The van der Waals surface area contributed by atoms with E-state index in [1.807, 2.05) is 26.0 Å². The van der Waals surface area contributed by atoms with Gasteiger partial charge in [0.15, 0.2) is 0 Å². The van der Waals surface area contributed by atoms with Crippen molar-refractivity contribution in [2.24, 2.45) is 0 Å². The molecule has 106 valence electrons. The summed E-state index contributed by atoms with van der Waals surface area (Å²) in [4.78, 5) is 10.6. The molecule has 0 aliphatic carbocycles. The maximum Gasteiger partial charge on any atom is 0.303 e. The molecule has 1 rings (SSSR count). The summed E-state index contributed by atoms with van der Waals surface area (Å²) in [6.07, 6.45) is 0.608. The molecule has 0 atom stereocenters. The Kier molecular flexibility index (Phi) is 4.61. The summed E-state index contributed by atoms with van der Waals surface area (Å²) in [5, 5.41) is 8.71. The Morgan fingerprint density at radius 2 is 1.63 bits per heavy atom. The van der Waals surface area contributed by atoms with Gasteiger partial charge in [-0.25, -0.2) is 0 Å². The first-order valence-electron chi connectivity index (χ1n) is 6.61. The molecule has 0 spiro atoms. The first-order valence-corrected chi connectivity index (χ1v) is 6.61. The van der Waals surface area contributed by atoms with E-state index >= 15 is 0 Å². The van der Waals surface area contributed by atoms with E-state index in [-0.39, 0.29) is 11.8 Å². The van der Waals surface area contributed by atoms with Gasteiger partial charge in [0.1, 0.15) is 11.4 Å². The van der Waals surface area contributed by atoms with E-state index in [0.29, 0.717) is 6.42 Å². The van der Waals surface area contributed by atoms with Gasteiger partial charge >= 0.3 is 5.97 Å². The second kappa shape index (κ2) is 5.64. The van der Waals surface area contributed by atoms with Gasteiger partial charge in [-0.3, -0.25) is 4.79 Å². The highest BCUT2D eigenvalue weighted by Gasteiger charge is 2.21. The van der Waals surface area contributed by atoms with Crippen LogP contribution in [0, 0.1) is 0 Å². The Labute approximate surface area is 115 Å². The van der Waals surface area contributed by atoms with Crippen molar-refractivity contribution < 1.29 is 14.6 Å². The van der Waals surface area contributed by atoms with Crippen LogP contribution in [0.3, 0.4) is 0 Å². The highest BCUT2D eigenvalue weighted by Crippen LogP contribution is 2.27. The second-order valence-corrected chi connectivity index (χ2v) is 6.53. The van der Waals surface area contributed by atoms with E-state index < -0.39 is 11.6 Å². The number of carboxylic acid groups (broad SMARTS) is 1. The minimum absolute atomic E-state index is 0.118. The number of benzene rings is 1. The molecule has 0 saturated carbocycles. The maximum absolute atomic E-state index is 10.6. The quantitative estimate of drug-likeness (QED) is 0.874. The minimum Gasteiger partial charge on any atom is -0.488 e. The van der Waals surface area contributed by atoms with Crippen LogP contribution < -0.4 is 4.74 Å². The Bertz CT molecular complexity index is 424. The summed E-state index contributed by atoms with van der Waals surface area (Å²) in [5.41, 5.74) is 0.905. The first-order chi connectivity index (χ1) is 8.60. The third-order valence-electron chi connectivity index (χ3n) is 3.06. The summed E-state index contributed by atoms with van der Waals surface area (Å²) >= 11 is 0. The standard InChI is InChI=1S/C16H24O3/c1-15(2,3)12-6-8-13(9-7-12)19-16(4,5)11-10-14(17)18/h6-9H,10-11H2,1-5H3,(H,17,18). The Morgan fingerprint density at radius 3 is 2.05 bits per heavy atom. The van der Waals surface area contributed by atoms with Gasteiger partial charge in [0.25, 0.3) is 0 Å². The SMILES string of the molecule is CC(C)(CCC(=O)O)Oc1ccc(C(C)(C)C)cc1. The van der Waals surface area contributed by atoms with Crippen LogP contribution in [-0.4, -0.2) is 16.7 Å². The highest BCUT2D eigenvalue weighted by molar-refractivity contribution is 5.66. The van der Waals surface area contributed by atoms with Crippen molar-refractivity contribution in [2.75, 3.05) is 0 Å². The first kappa shape index (κ1) is 15.5. The lowest BCUT2D eigenvalue weighted by atomic mass is 9.87. The van der Waals surface area contributed by atoms with Crippen LogP contribution >= 0.6 is 0 Å². The molecule has 1 N–H and O–H groups in total. The van der Waals surface area contributed by atoms with E-state index in [1.54, 1.807) is 0 Å². The van der Waals surface area contributed by atoms with E-state index in [1.165, 1.54) is 5.56 Å². The van der Waals surface area contributed by atoms with E-state index in [4.69, 9.17) is 9.84 Å². The van der Waals surface area contributed by atoms with Crippen LogP contribution in [0.5, 0.6) is 5.75 Å². The van der Waals surface area contributed by atoms with Crippen molar-refractivity contribution in [2.45, 2.75) is 58.5 Å². The Hall–Kier alpha value is -1.51. The van der Waals surface area contributed by atoms with Crippen LogP contribution in [0.2, 0.25) is 0 Å². The third kappa shape index (κ3) is 5.33. The van der Waals surface area contributed by atoms with Crippen molar-refractivity contribution in [3.63, 3.8) is 0 Å². The van der Waals surface area contributed by atoms with Crippen LogP contribution in [0.25, 0.3) is 0 Å². The number of rotatable bonds is 5. The number of carbonyl (C=O) groups is 1. The molecule has 0 aliphatic rings. The molecule has 0 aromatic heterocycles. The van der Waals surface area contributed by atoms with Gasteiger partial charge in [-0.15, -0.1) is 0 Å². The van der Waals surface area contributed by atoms with Gasteiger partial charge < -0.3 is 9.84 Å². The number of carboxylic acids is 1. The molecule has 0 aliphatic heterocycles. The fourth-order valence-corrected chi connectivity index (χ4v) is 1.80. The minimum atomic E-state index is -0.792. The molecular weight excluding hydrogens is 240 g/mol. The molecule has 0 bridgehead atoms. The van der Waals surface area contributed by atoms with Gasteiger partial charge in [-0.2, -0.15) is 0 Å². The lowest BCUT2D eigenvalue weighted by Crippen LogP contribution is -2.29. The summed E-state index contributed by atoms with van der Waals surface area (Å²) in [7, 11) is 0. The third-order valence-corrected chi connectivity index (χ3v) is 3.06. The molecule has 0 radical (unpaired) electrons. The van der Waals surface area contributed by atoms with Gasteiger partial charge in [0.2, 0.25) is 0 Å². The predicted octanol–water partition coefficient (Wildman–Crippen LogP) is 4.01. The fourth-order valence-electron chi connectivity index (χ4n) is 1.80. The lowest BCUT2D eigenvalue weighted by molar-refractivity contribution is -0.138.